The Morgan fingerprint density at radius 2 is 2.11 bits per heavy atom. The van der Waals surface area contributed by atoms with Crippen LogP contribution in [0.3, 0.4) is 0 Å². The molecule has 0 saturated heterocycles. The summed E-state index contributed by atoms with van der Waals surface area (Å²) < 4.78 is 0. The number of hydrogen-bond donors (Lipinski definition) is 2. The number of carbonyl (C=O) groups excluding carboxylic acids is 1. The normalized spacial score (nSPS) is 12.2. The highest BCUT2D eigenvalue weighted by Crippen LogP contribution is 2.27. The van der Waals surface area contributed by atoms with Crippen molar-refractivity contribution >= 4 is 35.1 Å². The number of aliphatic hydroxyl groups excluding tert-OH is 1. The Balaban J connectivity index is 3.09. The molecule has 18 heavy (non-hydrogen) atoms. The lowest BCUT2D eigenvalue weighted by atomic mass is 10.0. The molecule has 0 aliphatic rings. The van der Waals surface area contributed by atoms with Crippen molar-refractivity contribution in [1.29, 1.82) is 0 Å². The van der Waals surface area contributed by atoms with Gasteiger partial charge in [-0.1, -0.05) is 12.1 Å². The Kier molecular flexibility index (Phi) is 5.65. The Morgan fingerprint density at radius 3 is 2.61 bits per heavy atom. The van der Waals surface area contributed by atoms with Gasteiger partial charge in [-0.3, -0.25) is 4.79 Å². The number of halogens is 1. The zero-order valence-corrected chi connectivity index (χ0v) is 11.3. The van der Waals surface area contributed by atoms with Crippen molar-refractivity contribution < 1.29 is 19.8 Å². The lowest BCUT2D eigenvalue weighted by Crippen LogP contribution is -2.12. The predicted molar refractivity (Wildman–Crippen MR) is 70.2 cm³/mol. The number of rotatable bonds is 6. The first kappa shape index (κ1) is 15.0. The average molecular weight is 289 g/mol. The molecule has 0 radical (unpaired) electrons. The molecule has 0 heterocycles. The molecule has 1 aromatic rings. The number of aliphatic hydroxyl groups is 1. The highest BCUT2D eigenvalue weighted by Gasteiger charge is 2.20. The highest BCUT2D eigenvalue weighted by atomic mass is 35.5. The molecule has 2 N–H and O–H groups in total. The fourth-order valence-electron chi connectivity index (χ4n) is 1.52. The third kappa shape index (κ3) is 3.73. The second kappa shape index (κ2) is 6.78. The smallest absolute Gasteiger partial charge is 0.337 e. The van der Waals surface area contributed by atoms with E-state index in [1.165, 1.54) is 17.8 Å². The van der Waals surface area contributed by atoms with Crippen molar-refractivity contribution in [2.24, 2.45) is 0 Å². The number of carboxylic acid groups (broad SMARTS) is 1. The first-order chi connectivity index (χ1) is 8.49. The van der Waals surface area contributed by atoms with Gasteiger partial charge in [0.25, 0.3) is 0 Å². The lowest BCUT2D eigenvalue weighted by Gasteiger charge is -2.12. The molecule has 0 bridgehead atoms. The van der Waals surface area contributed by atoms with E-state index in [1.807, 2.05) is 0 Å². The molecule has 0 aliphatic heterocycles. The van der Waals surface area contributed by atoms with Gasteiger partial charge in [0.1, 0.15) is 0 Å². The van der Waals surface area contributed by atoms with Crippen LogP contribution in [-0.2, 0) is 16.0 Å². The summed E-state index contributed by atoms with van der Waals surface area (Å²) in [6.07, 6.45) is 0.340. The predicted octanol–water partition coefficient (Wildman–Crippen LogP) is 1.88. The molecule has 1 aromatic carbocycles. The van der Waals surface area contributed by atoms with Crippen LogP contribution < -0.4 is 0 Å². The molecule has 98 valence electrons. The minimum absolute atomic E-state index is 0.0822. The Morgan fingerprint density at radius 1 is 1.44 bits per heavy atom. The van der Waals surface area contributed by atoms with Crippen molar-refractivity contribution in [1.82, 2.24) is 0 Å². The van der Waals surface area contributed by atoms with Crippen LogP contribution >= 0.6 is 23.4 Å². The summed E-state index contributed by atoms with van der Waals surface area (Å²) in [6, 6.07) is 4.96. The van der Waals surface area contributed by atoms with Crippen molar-refractivity contribution in [3.05, 3.63) is 29.3 Å². The van der Waals surface area contributed by atoms with Gasteiger partial charge in [0.05, 0.1) is 5.88 Å². The first-order valence-electron chi connectivity index (χ1n) is 5.15. The molecule has 1 rings (SSSR count). The Labute approximate surface area is 114 Å². The zero-order valence-electron chi connectivity index (χ0n) is 9.72. The van der Waals surface area contributed by atoms with Crippen LogP contribution in [0.5, 0.6) is 0 Å². The fourth-order valence-corrected chi connectivity index (χ4v) is 2.22. The van der Waals surface area contributed by atoms with E-state index >= 15 is 0 Å². The molecular weight excluding hydrogens is 276 g/mol. The molecule has 0 fully saturated rings. The van der Waals surface area contributed by atoms with Gasteiger partial charge >= 0.3 is 5.97 Å². The molecule has 0 spiro atoms. The van der Waals surface area contributed by atoms with Crippen LogP contribution in [0, 0.1) is 0 Å². The van der Waals surface area contributed by atoms with Gasteiger partial charge in [-0.2, -0.15) is 0 Å². The van der Waals surface area contributed by atoms with E-state index in [0.717, 1.165) is 0 Å². The number of Topliss-reactive ketones (excluding diaryl/α,β-unsaturated/α-hetero) is 1. The number of carboxylic acids is 1. The van der Waals surface area contributed by atoms with Gasteiger partial charge < -0.3 is 10.2 Å². The molecule has 1 unspecified atom stereocenters. The van der Waals surface area contributed by atoms with E-state index < -0.39 is 12.1 Å². The number of benzene rings is 1. The third-order valence-corrected chi connectivity index (χ3v) is 3.48. The van der Waals surface area contributed by atoms with Crippen LogP contribution in [0.4, 0.5) is 0 Å². The summed E-state index contributed by atoms with van der Waals surface area (Å²) in [6.45, 7) is 0. The largest absolute Gasteiger partial charge is 0.479 e. The van der Waals surface area contributed by atoms with E-state index in [9.17, 15) is 14.7 Å². The molecule has 6 heteroatoms. The maximum atomic E-state index is 11.2. The van der Waals surface area contributed by atoms with Crippen molar-refractivity contribution in [3.8, 4) is 0 Å². The summed E-state index contributed by atoms with van der Waals surface area (Å²) in [5, 5.41) is 18.4. The maximum Gasteiger partial charge on any atom is 0.337 e. The third-order valence-electron chi connectivity index (χ3n) is 2.37. The summed E-state index contributed by atoms with van der Waals surface area (Å²) in [4.78, 5) is 22.7. The quantitative estimate of drug-likeness (QED) is 0.617. The van der Waals surface area contributed by atoms with Gasteiger partial charge in [0, 0.05) is 16.9 Å². The summed E-state index contributed by atoms with van der Waals surface area (Å²) in [5.74, 6) is -1.54. The number of carbonyl (C=O) groups is 2. The molecule has 0 aromatic heterocycles. The first-order valence-corrected chi connectivity index (χ1v) is 6.90. The van der Waals surface area contributed by atoms with Gasteiger partial charge in [-0.15, -0.1) is 23.4 Å². The summed E-state index contributed by atoms with van der Waals surface area (Å²) in [7, 11) is 0. The monoisotopic (exact) mass is 288 g/mol. The zero-order chi connectivity index (χ0) is 13.7. The van der Waals surface area contributed by atoms with Crippen LogP contribution in [-0.4, -0.2) is 34.1 Å². The van der Waals surface area contributed by atoms with Gasteiger partial charge in [0.2, 0.25) is 0 Å². The highest BCUT2D eigenvalue weighted by molar-refractivity contribution is 7.98. The van der Waals surface area contributed by atoms with E-state index in [-0.39, 0.29) is 18.1 Å². The second-order valence-electron chi connectivity index (χ2n) is 3.67. The molecule has 0 amide bonds. The van der Waals surface area contributed by atoms with Gasteiger partial charge in [0.15, 0.2) is 11.9 Å². The van der Waals surface area contributed by atoms with Crippen LogP contribution in [0.25, 0.3) is 0 Å². The Hall–Kier alpha value is -1.04. The van der Waals surface area contributed by atoms with Crippen LogP contribution in [0.15, 0.2) is 23.1 Å². The van der Waals surface area contributed by atoms with Gasteiger partial charge in [-0.25, -0.2) is 4.79 Å². The minimum Gasteiger partial charge on any atom is -0.479 e. The van der Waals surface area contributed by atoms with Crippen LogP contribution in [0.1, 0.15) is 17.2 Å². The minimum atomic E-state index is -1.58. The SMILES string of the molecule is CSc1ccc(CC(=O)CCl)cc1C(O)C(=O)O. The molecule has 1 atom stereocenters. The number of aliphatic carboxylic acids is 1. The van der Waals surface area contributed by atoms with Crippen LogP contribution in [0.2, 0.25) is 0 Å². The number of hydrogen-bond acceptors (Lipinski definition) is 4. The lowest BCUT2D eigenvalue weighted by molar-refractivity contribution is -0.147. The van der Waals surface area contributed by atoms with Crippen molar-refractivity contribution in [2.75, 3.05) is 12.1 Å². The summed E-state index contributed by atoms with van der Waals surface area (Å²) >= 11 is 6.76. The number of thioether (sulfide) groups is 1. The Bertz CT molecular complexity index is 461. The molecule has 4 nitrogen and oxygen atoms in total. The topological polar surface area (TPSA) is 74.6 Å². The number of alkyl halides is 1. The standard InChI is InChI=1S/C12H13ClO4S/c1-18-10-3-2-7(4-8(14)6-13)5-9(10)11(15)12(16)17/h2-3,5,11,15H,4,6H2,1H3,(H,16,17). The van der Waals surface area contributed by atoms with Crippen molar-refractivity contribution in [2.45, 2.75) is 17.4 Å². The fraction of sp³-hybridized carbons (Fsp3) is 0.333. The molecule has 0 saturated carbocycles. The van der Waals surface area contributed by atoms with Gasteiger partial charge in [-0.05, 0) is 17.9 Å². The second-order valence-corrected chi connectivity index (χ2v) is 4.78. The van der Waals surface area contributed by atoms with E-state index in [1.54, 1.807) is 18.4 Å². The summed E-state index contributed by atoms with van der Waals surface area (Å²) in [5.41, 5.74) is 0.948. The van der Waals surface area contributed by atoms with Crippen molar-refractivity contribution in [3.63, 3.8) is 0 Å². The average Bonchev–Trinajstić information content (AvgIpc) is 2.37. The van der Waals surface area contributed by atoms with E-state index in [4.69, 9.17) is 16.7 Å². The maximum absolute atomic E-state index is 11.2. The van der Waals surface area contributed by atoms with E-state index in [2.05, 4.69) is 0 Å². The number of ketones is 1. The molecular formula is C12H13ClO4S. The molecule has 0 aliphatic carbocycles. The van der Waals surface area contributed by atoms with E-state index in [0.29, 0.717) is 16.0 Å².